The number of carbonyl (C=O) groups is 1. The maximum Gasteiger partial charge on any atom is 0.243 e. The Morgan fingerprint density at radius 3 is 2.26 bits per heavy atom. The Morgan fingerprint density at radius 1 is 1.03 bits per heavy atom. The average molecular weight is 544 g/mol. The fourth-order valence-corrected chi connectivity index (χ4v) is 6.32. The molecule has 12 heteroatoms. The van der Waals surface area contributed by atoms with E-state index in [4.69, 9.17) is 16.3 Å². The Bertz CT molecular complexity index is 1200. The number of hydrogen-bond acceptors (Lipinski definition) is 6. The normalized spacial score (nSPS) is 14.6. The summed E-state index contributed by atoms with van der Waals surface area (Å²) in [6, 6.07) is 12.7. The summed E-state index contributed by atoms with van der Waals surface area (Å²) in [5.41, 5.74) is 0.491. The molecular weight excluding hydrogens is 514 g/mol. The summed E-state index contributed by atoms with van der Waals surface area (Å²) in [6.07, 6.45) is 3.38. The molecule has 0 aromatic heterocycles. The second-order valence-corrected chi connectivity index (χ2v) is 12.5. The van der Waals surface area contributed by atoms with Crippen molar-refractivity contribution in [2.75, 3.05) is 43.3 Å². The van der Waals surface area contributed by atoms with Crippen molar-refractivity contribution in [1.82, 2.24) is 9.62 Å². The van der Waals surface area contributed by atoms with Crippen molar-refractivity contribution in [2.45, 2.75) is 30.6 Å². The van der Waals surface area contributed by atoms with Crippen molar-refractivity contribution in [3.8, 4) is 5.75 Å². The number of anilines is 1. The summed E-state index contributed by atoms with van der Waals surface area (Å²) in [5, 5.41) is 3.24. The third kappa shape index (κ3) is 7.83. The smallest absolute Gasteiger partial charge is 0.243 e. The van der Waals surface area contributed by atoms with Crippen molar-refractivity contribution in [2.24, 2.45) is 0 Å². The molecule has 9 nitrogen and oxygen atoms in total. The van der Waals surface area contributed by atoms with Crippen LogP contribution in [0.4, 0.5) is 5.69 Å². The lowest BCUT2D eigenvalue weighted by atomic mass is 10.2. The first kappa shape index (κ1) is 27.3. The molecule has 0 spiro atoms. The van der Waals surface area contributed by atoms with Gasteiger partial charge in [-0.3, -0.25) is 9.10 Å². The van der Waals surface area contributed by atoms with Crippen molar-refractivity contribution < 1.29 is 26.4 Å². The Hall–Kier alpha value is -2.34. The number of carbonyl (C=O) groups excluding carboxylic acids is 1. The van der Waals surface area contributed by atoms with Crippen LogP contribution in [0.3, 0.4) is 0 Å². The molecule has 1 fully saturated rings. The van der Waals surface area contributed by atoms with E-state index in [0.29, 0.717) is 36.0 Å². The molecule has 35 heavy (non-hydrogen) atoms. The standard InChI is InChI=1S/C23H30ClN3O6S2/c1-34(29,30)27(20-8-6-19(24)7-9-20)17-4-5-23(28)25-14-18-33-21-10-12-22(13-11-21)35(31,32)26-15-2-3-16-26/h6-13H,2-5,14-18H2,1H3,(H,25,28). The summed E-state index contributed by atoms with van der Waals surface area (Å²) in [5.74, 6) is 0.289. The van der Waals surface area contributed by atoms with Gasteiger partial charge in [0.05, 0.1) is 23.4 Å². The van der Waals surface area contributed by atoms with Crippen molar-refractivity contribution in [1.29, 1.82) is 0 Å². The first-order chi connectivity index (χ1) is 16.6. The molecule has 1 aliphatic rings. The Morgan fingerprint density at radius 2 is 1.66 bits per heavy atom. The topological polar surface area (TPSA) is 113 Å². The number of hydrogen-bond donors (Lipinski definition) is 1. The minimum Gasteiger partial charge on any atom is -0.492 e. The molecular formula is C23H30ClN3O6S2. The van der Waals surface area contributed by atoms with Crippen molar-refractivity contribution >= 4 is 43.2 Å². The molecule has 1 N–H and O–H groups in total. The summed E-state index contributed by atoms with van der Waals surface area (Å²) in [4.78, 5) is 12.4. The highest BCUT2D eigenvalue weighted by atomic mass is 35.5. The van der Waals surface area contributed by atoms with Crippen LogP contribution < -0.4 is 14.4 Å². The van der Waals surface area contributed by atoms with E-state index in [2.05, 4.69) is 5.32 Å². The highest BCUT2D eigenvalue weighted by molar-refractivity contribution is 7.92. The maximum atomic E-state index is 12.6. The van der Waals surface area contributed by atoms with Crippen molar-refractivity contribution in [3.63, 3.8) is 0 Å². The molecule has 0 aliphatic carbocycles. The lowest BCUT2D eigenvalue weighted by molar-refractivity contribution is -0.121. The second-order valence-electron chi connectivity index (χ2n) is 8.20. The fraction of sp³-hybridized carbons (Fsp3) is 0.435. The van der Waals surface area contributed by atoms with Gasteiger partial charge in [-0.25, -0.2) is 16.8 Å². The number of sulfonamides is 2. The second kappa shape index (κ2) is 12.1. The zero-order valence-corrected chi connectivity index (χ0v) is 21.9. The molecule has 0 bridgehead atoms. The minimum atomic E-state index is -3.50. The SMILES string of the molecule is CS(=O)(=O)N(CCCC(=O)NCCOc1ccc(S(=O)(=O)N2CCCC2)cc1)c1ccc(Cl)cc1. The van der Waals surface area contributed by atoms with Crippen LogP contribution >= 0.6 is 11.6 Å². The highest BCUT2D eigenvalue weighted by Gasteiger charge is 2.27. The lowest BCUT2D eigenvalue weighted by Crippen LogP contribution is -2.32. The molecule has 1 amide bonds. The Labute approximate surface area is 212 Å². The van der Waals surface area contributed by atoms with Crippen LogP contribution in [0.25, 0.3) is 0 Å². The van der Waals surface area contributed by atoms with Crippen molar-refractivity contribution in [3.05, 3.63) is 53.6 Å². The first-order valence-corrected chi connectivity index (χ1v) is 15.0. The van der Waals surface area contributed by atoms with Crippen LogP contribution in [0.2, 0.25) is 5.02 Å². The molecule has 3 rings (SSSR count). The largest absolute Gasteiger partial charge is 0.492 e. The predicted molar refractivity (Wildman–Crippen MR) is 136 cm³/mol. The summed E-state index contributed by atoms with van der Waals surface area (Å²) in [6.45, 7) is 1.74. The predicted octanol–water partition coefficient (Wildman–Crippen LogP) is 2.87. The van der Waals surface area contributed by atoms with Gasteiger partial charge in [0.25, 0.3) is 0 Å². The summed E-state index contributed by atoms with van der Waals surface area (Å²) < 4.78 is 57.7. The number of halogens is 1. The zero-order chi connectivity index (χ0) is 25.5. The highest BCUT2D eigenvalue weighted by Crippen LogP contribution is 2.23. The maximum absolute atomic E-state index is 12.6. The molecule has 2 aromatic rings. The number of benzene rings is 2. The van der Waals surface area contributed by atoms with E-state index in [0.717, 1.165) is 19.1 Å². The Kier molecular flexibility index (Phi) is 9.40. The molecule has 1 aliphatic heterocycles. The Balaban J connectivity index is 1.39. The van der Waals surface area contributed by atoms with Gasteiger partial charge in [-0.05, 0) is 67.8 Å². The van der Waals surface area contributed by atoms with Gasteiger partial charge in [0, 0.05) is 31.1 Å². The van der Waals surface area contributed by atoms with Crippen LogP contribution in [0, 0.1) is 0 Å². The first-order valence-electron chi connectivity index (χ1n) is 11.3. The van der Waals surface area contributed by atoms with E-state index in [1.165, 1.54) is 20.7 Å². The number of nitrogens with zero attached hydrogens (tertiary/aromatic N) is 2. The molecule has 1 saturated heterocycles. The van der Waals surface area contributed by atoms with Crippen LogP contribution in [0.5, 0.6) is 5.75 Å². The molecule has 0 saturated carbocycles. The quantitative estimate of drug-likeness (QED) is 0.412. The molecule has 192 valence electrons. The average Bonchev–Trinajstić information content (AvgIpc) is 3.36. The van der Waals surface area contributed by atoms with Gasteiger partial charge in [-0.1, -0.05) is 11.6 Å². The third-order valence-electron chi connectivity index (χ3n) is 5.50. The molecule has 0 atom stereocenters. The van der Waals surface area contributed by atoms with Gasteiger partial charge in [-0.15, -0.1) is 0 Å². The summed E-state index contributed by atoms with van der Waals surface area (Å²) in [7, 11) is -6.96. The van der Waals surface area contributed by atoms with E-state index < -0.39 is 20.0 Å². The van der Waals surface area contributed by atoms with Gasteiger partial charge >= 0.3 is 0 Å². The van der Waals surface area contributed by atoms with E-state index >= 15 is 0 Å². The van der Waals surface area contributed by atoms with Gasteiger partial charge < -0.3 is 10.1 Å². The number of ether oxygens (including phenoxy) is 1. The van der Waals surface area contributed by atoms with Crippen LogP contribution in [-0.4, -0.2) is 66.1 Å². The van der Waals surface area contributed by atoms with Gasteiger partial charge in [0.15, 0.2) is 0 Å². The lowest BCUT2D eigenvalue weighted by Gasteiger charge is -2.22. The van der Waals surface area contributed by atoms with Gasteiger partial charge in [0.1, 0.15) is 12.4 Å². The fourth-order valence-electron chi connectivity index (χ4n) is 3.71. The van der Waals surface area contributed by atoms with Crippen LogP contribution in [-0.2, 0) is 24.8 Å². The number of amides is 1. The molecule has 2 aromatic carbocycles. The van der Waals surface area contributed by atoms with Crippen LogP contribution in [0.1, 0.15) is 25.7 Å². The minimum absolute atomic E-state index is 0.155. The van der Waals surface area contributed by atoms with E-state index in [9.17, 15) is 21.6 Å². The number of rotatable bonds is 12. The van der Waals surface area contributed by atoms with Gasteiger partial charge in [-0.2, -0.15) is 4.31 Å². The van der Waals surface area contributed by atoms with Gasteiger partial charge in [0.2, 0.25) is 26.0 Å². The third-order valence-corrected chi connectivity index (χ3v) is 8.86. The van der Waals surface area contributed by atoms with Crippen LogP contribution in [0.15, 0.2) is 53.4 Å². The van der Waals surface area contributed by atoms with E-state index in [1.807, 2.05) is 0 Å². The van der Waals surface area contributed by atoms with E-state index in [-0.39, 0.29) is 36.9 Å². The molecule has 0 unspecified atom stereocenters. The number of nitrogens with one attached hydrogen (secondary N) is 1. The molecule has 0 radical (unpaired) electrons. The monoisotopic (exact) mass is 543 g/mol. The zero-order valence-electron chi connectivity index (χ0n) is 19.5. The summed E-state index contributed by atoms with van der Waals surface area (Å²) >= 11 is 5.87. The molecule has 1 heterocycles. The van der Waals surface area contributed by atoms with E-state index in [1.54, 1.807) is 36.4 Å².